The van der Waals surface area contributed by atoms with Crippen molar-refractivity contribution >= 4 is 5.97 Å². The smallest absolute Gasteiger partial charge is 0.320 e. The van der Waals surface area contributed by atoms with Crippen LogP contribution >= 0.6 is 0 Å². The number of hydrogen-bond acceptors (Lipinski definition) is 5. The summed E-state index contributed by atoms with van der Waals surface area (Å²) in [5, 5.41) is 22.0. The van der Waals surface area contributed by atoms with Crippen molar-refractivity contribution in [3.63, 3.8) is 0 Å². The molecule has 174 valence electrons. The van der Waals surface area contributed by atoms with Crippen molar-refractivity contribution in [1.29, 1.82) is 0 Å². The first-order valence-corrected chi connectivity index (χ1v) is 12.0. The Morgan fingerprint density at radius 1 is 0.897 bits per heavy atom. The molecule has 0 fully saturated rings. The lowest BCUT2D eigenvalue weighted by Gasteiger charge is -2.17. The molecule has 29 heavy (non-hydrogen) atoms. The van der Waals surface area contributed by atoms with Gasteiger partial charge < -0.3 is 26.0 Å². The molecule has 0 saturated heterocycles. The van der Waals surface area contributed by atoms with Crippen molar-refractivity contribution in [2.24, 2.45) is 5.73 Å². The second-order valence-corrected chi connectivity index (χ2v) is 8.20. The maximum Gasteiger partial charge on any atom is 0.320 e. The molecule has 2 atom stereocenters. The van der Waals surface area contributed by atoms with Crippen LogP contribution in [0.4, 0.5) is 0 Å². The summed E-state index contributed by atoms with van der Waals surface area (Å²) in [6.45, 7) is 3.97. The molecule has 6 nitrogen and oxygen atoms in total. The molecule has 0 aromatic heterocycles. The van der Waals surface area contributed by atoms with E-state index in [1.165, 1.54) is 70.6 Å². The minimum absolute atomic E-state index is 0.234. The fraction of sp³-hybridized carbons (Fsp3) is 0.957. The van der Waals surface area contributed by atoms with E-state index >= 15 is 0 Å². The van der Waals surface area contributed by atoms with Crippen LogP contribution < -0.4 is 11.1 Å². The van der Waals surface area contributed by atoms with Gasteiger partial charge in [-0.3, -0.25) is 4.79 Å². The first kappa shape index (κ1) is 28.3. The number of rotatable bonds is 23. The van der Waals surface area contributed by atoms with Crippen LogP contribution in [0.15, 0.2) is 0 Å². The largest absolute Gasteiger partial charge is 0.480 e. The first-order valence-electron chi connectivity index (χ1n) is 12.0. The van der Waals surface area contributed by atoms with Gasteiger partial charge in [-0.1, -0.05) is 84.0 Å². The van der Waals surface area contributed by atoms with Gasteiger partial charge in [0.05, 0.1) is 12.7 Å². The topological polar surface area (TPSA) is 105 Å². The van der Waals surface area contributed by atoms with Crippen LogP contribution in [0.25, 0.3) is 0 Å². The van der Waals surface area contributed by atoms with E-state index in [1.807, 2.05) is 0 Å². The van der Waals surface area contributed by atoms with Crippen molar-refractivity contribution in [2.75, 3.05) is 26.3 Å². The van der Waals surface area contributed by atoms with Crippen molar-refractivity contribution in [3.05, 3.63) is 0 Å². The monoisotopic (exact) mass is 416 g/mol. The highest BCUT2D eigenvalue weighted by molar-refractivity contribution is 5.73. The number of unbranched alkanes of at least 4 members (excludes halogenated alkanes) is 12. The number of ether oxygens (including phenoxy) is 1. The zero-order valence-electron chi connectivity index (χ0n) is 18.9. The Balaban J connectivity index is 3.42. The van der Waals surface area contributed by atoms with E-state index in [-0.39, 0.29) is 13.2 Å². The summed E-state index contributed by atoms with van der Waals surface area (Å²) in [5.74, 6) is -0.883. The molecule has 0 aromatic rings. The van der Waals surface area contributed by atoms with Gasteiger partial charge in [-0.05, 0) is 25.8 Å². The predicted octanol–water partition coefficient (Wildman–Crippen LogP) is 4.24. The molecule has 0 amide bonds. The molecule has 0 saturated carbocycles. The number of aliphatic hydroxyl groups excluding tert-OH is 1. The van der Waals surface area contributed by atoms with E-state index < -0.39 is 18.1 Å². The number of carboxylic acid groups (broad SMARTS) is 1. The van der Waals surface area contributed by atoms with Gasteiger partial charge in [-0.2, -0.15) is 0 Å². The molecule has 0 bridgehead atoms. The van der Waals surface area contributed by atoms with Crippen LogP contribution in [0.2, 0.25) is 0 Å². The van der Waals surface area contributed by atoms with Gasteiger partial charge in [0.15, 0.2) is 0 Å². The Bertz CT molecular complexity index is 356. The molecule has 0 aliphatic heterocycles. The highest BCUT2D eigenvalue weighted by Gasteiger charge is 2.17. The third-order valence-electron chi connectivity index (χ3n) is 5.30. The molecule has 0 aromatic carbocycles. The zero-order chi connectivity index (χ0) is 21.6. The predicted molar refractivity (Wildman–Crippen MR) is 120 cm³/mol. The minimum Gasteiger partial charge on any atom is -0.480 e. The molecule has 0 spiro atoms. The quantitative estimate of drug-likeness (QED) is 0.186. The summed E-state index contributed by atoms with van der Waals surface area (Å²) < 4.78 is 5.52. The second-order valence-electron chi connectivity index (χ2n) is 8.20. The molecule has 0 aliphatic rings. The molecule has 0 aliphatic carbocycles. The van der Waals surface area contributed by atoms with Gasteiger partial charge in [0.25, 0.3) is 0 Å². The second kappa shape index (κ2) is 22.0. The third kappa shape index (κ3) is 20.4. The fourth-order valence-corrected chi connectivity index (χ4v) is 3.41. The fourth-order valence-electron chi connectivity index (χ4n) is 3.41. The van der Waals surface area contributed by atoms with E-state index in [0.29, 0.717) is 19.6 Å². The molecule has 5 N–H and O–H groups in total. The lowest BCUT2D eigenvalue weighted by molar-refractivity contribution is -0.139. The van der Waals surface area contributed by atoms with Crippen LogP contribution in [0.1, 0.15) is 103 Å². The molecule has 6 heteroatoms. The summed E-state index contributed by atoms with van der Waals surface area (Å²) in [6.07, 6.45) is 17.2. The average Bonchev–Trinajstić information content (AvgIpc) is 2.70. The zero-order valence-corrected chi connectivity index (χ0v) is 18.9. The molecular formula is C23H48N2O4. The highest BCUT2D eigenvalue weighted by Crippen LogP contribution is 2.12. The average molecular weight is 417 g/mol. The summed E-state index contributed by atoms with van der Waals surface area (Å²) >= 11 is 0. The van der Waals surface area contributed by atoms with E-state index in [9.17, 15) is 15.0 Å². The number of carbonyl (C=O) groups is 1. The van der Waals surface area contributed by atoms with Crippen LogP contribution in [0, 0.1) is 0 Å². The van der Waals surface area contributed by atoms with E-state index in [4.69, 9.17) is 10.5 Å². The lowest BCUT2D eigenvalue weighted by Crippen LogP contribution is -2.42. The summed E-state index contributed by atoms with van der Waals surface area (Å²) in [5.41, 5.74) is 5.43. The summed E-state index contributed by atoms with van der Waals surface area (Å²) in [7, 11) is 0. The van der Waals surface area contributed by atoms with Gasteiger partial charge in [0.2, 0.25) is 0 Å². The van der Waals surface area contributed by atoms with Crippen LogP contribution in [0.3, 0.4) is 0 Å². The standard InChI is InChI=1S/C23H48N2O4/c1-2-3-4-5-6-7-8-9-10-11-12-15-18-29-20-21(26)19-25-22(23(27)28)16-13-14-17-24/h21-22,25-26H,2-20,24H2,1H3,(H,27,28)/t21?,22-/m0/s1. The maximum atomic E-state index is 11.2. The highest BCUT2D eigenvalue weighted by atomic mass is 16.5. The van der Waals surface area contributed by atoms with Crippen molar-refractivity contribution < 1.29 is 19.7 Å². The molecule has 0 rings (SSSR count). The van der Waals surface area contributed by atoms with E-state index in [0.717, 1.165) is 19.3 Å². The maximum absolute atomic E-state index is 11.2. The van der Waals surface area contributed by atoms with Gasteiger partial charge >= 0.3 is 5.97 Å². The number of hydrogen-bond donors (Lipinski definition) is 4. The molecule has 0 radical (unpaired) electrons. The summed E-state index contributed by atoms with van der Waals surface area (Å²) in [4.78, 5) is 11.2. The van der Waals surface area contributed by atoms with Gasteiger partial charge in [0.1, 0.15) is 6.04 Å². The van der Waals surface area contributed by atoms with Crippen LogP contribution in [0.5, 0.6) is 0 Å². The normalized spacial score (nSPS) is 13.5. The Hall–Kier alpha value is -0.690. The number of aliphatic carboxylic acids is 1. The Kier molecular flexibility index (Phi) is 21.5. The molecular weight excluding hydrogens is 368 g/mol. The SMILES string of the molecule is CCCCCCCCCCCCCCOCC(O)CN[C@@H](CCCCN)C(=O)O. The number of nitrogens with two attached hydrogens (primary N) is 1. The number of nitrogens with one attached hydrogen (secondary N) is 1. The Morgan fingerprint density at radius 3 is 1.97 bits per heavy atom. The summed E-state index contributed by atoms with van der Waals surface area (Å²) in [6, 6.07) is -0.632. The third-order valence-corrected chi connectivity index (χ3v) is 5.30. The van der Waals surface area contributed by atoms with Crippen molar-refractivity contribution in [2.45, 2.75) is 115 Å². The lowest BCUT2D eigenvalue weighted by atomic mass is 10.1. The van der Waals surface area contributed by atoms with E-state index in [2.05, 4.69) is 12.2 Å². The van der Waals surface area contributed by atoms with Crippen LogP contribution in [-0.2, 0) is 9.53 Å². The number of aliphatic hydroxyl groups is 1. The number of carboxylic acids is 1. The van der Waals surface area contributed by atoms with Gasteiger partial charge in [-0.15, -0.1) is 0 Å². The van der Waals surface area contributed by atoms with E-state index in [1.54, 1.807) is 0 Å². The Labute approximate surface area is 179 Å². The molecule has 0 heterocycles. The van der Waals surface area contributed by atoms with Gasteiger partial charge in [0, 0.05) is 13.2 Å². The van der Waals surface area contributed by atoms with Crippen LogP contribution in [-0.4, -0.2) is 54.6 Å². The molecule has 1 unspecified atom stereocenters. The van der Waals surface area contributed by atoms with Crippen molar-refractivity contribution in [3.8, 4) is 0 Å². The first-order chi connectivity index (χ1) is 14.1. The van der Waals surface area contributed by atoms with Gasteiger partial charge in [-0.25, -0.2) is 0 Å². The Morgan fingerprint density at radius 2 is 1.45 bits per heavy atom. The minimum atomic E-state index is -0.883. The van der Waals surface area contributed by atoms with Crippen molar-refractivity contribution in [1.82, 2.24) is 5.32 Å².